The van der Waals surface area contributed by atoms with Crippen molar-refractivity contribution in [1.29, 1.82) is 0 Å². The Labute approximate surface area is 136 Å². The molecule has 0 bridgehead atoms. The molecule has 0 spiro atoms. The molecular formula is C19H20N2O2. The molecule has 2 aromatic rings. The Bertz CT molecular complexity index is 766. The zero-order chi connectivity index (χ0) is 16.4. The number of hydrogen-bond acceptors (Lipinski definition) is 3. The number of ketones is 1. The van der Waals surface area contributed by atoms with Crippen molar-refractivity contribution < 1.29 is 9.59 Å². The Morgan fingerprint density at radius 2 is 1.70 bits per heavy atom. The average molecular weight is 308 g/mol. The number of amides is 1. The molecule has 0 aliphatic heterocycles. The van der Waals surface area contributed by atoms with Crippen LogP contribution < -0.4 is 5.32 Å². The van der Waals surface area contributed by atoms with Crippen molar-refractivity contribution in [3.05, 3.63) is 59.2 Å². The number of nitrogens with zero attached hydrogens (tertiary/aromatic N) is 1. The van der Waals surface area contributed by atoms with Crippen molar-refractivity contribution in [1.82, 2.24) is 10.2 Å². The van der Waals surface area contributed by atoms with E-state index in [1.165, 1.54) is 0 Å². The van der Waals surface area contributed by atoms with Gasteiger partial charge in [-0.2, -0.15) is 0 Å². The van der Waals surface area contributed by atoms with Crippen LogP contribution in [0.2, 0.25) is 0 Å². The molecule has 0 heterocycles. The highest BCUT2D eigenvalue weighted by molar-refractivity contribution is 6.24. The van der Waals surface area contributed by atoms with E-state index in [-0.39, 0.29) is 11.7 Å². The van der Waals surface area contributed by atoms with Crippen LogP contribution >= 0.6 is 0 Å². The van der Waals surface area contributed by atoms with Crippen molar-refractivity contribution >= 4 is 11.7 Å². The molecule has 1 N–H and O–H groups in total. The lowest BCUT2D eigenvalue weighted by Gasteiger charge is -2.12. The minimum atomic E-state index is -0.120. The second-order valence-electron chi connectivity index (χ2n) is 6.02. The standard InChI is InChI=1S/C19H20N2O2/c1-21(2)12-6-11-20-19(23)16-10-5-9-15-17(16)13-7-3-4-8-14(13)18(15)22/h3-5,7-10H,6,11-12H2,1-2H3,(H,20,23). The summed E-state index contributed by atoms with van der Waals surface area (Å²) in [6.45, 7) is 1.55. The minimum Gasteiger partial charge on any atom is -0.352 e. The molecule has 118 valence electrons. The van der Waals surface area contributed by atoms with Gasteiger partial charge in [0.2, 0.25) is 0 Å². The number of benzene rings is 2. The van der Waals surface area contributed by atoms with Crippen LogP contribution in [0.25, 0.3) is 11.1 Å². The van der Waals surface area contributed by atoms with Crippen LogP contribution in [0, 0.1) is 0 Å². The zero-order valence-electron chi connectivity index (χ0n) is 13.4. The van der Waals surface area contributed by atoms with Crippen LogP contribution in [0.4, 0.5) is 0 Å². The third-order valence-corrected chi connectivity index (χ3v) is 4.06. The van der Waals surface area contributed by atoms with Crippen molar-refractivity contribution in [2.24, 2.45) is 0 Å². The molecule has 23 heavy (non-hydrogen) atoms. The highest BCUT2D eigenvalue weighted by atomic mass is 16.1. The Morgan fingerprint density at radius 3 is 2.43 bits per heavy atom. The number of nitrogens with one attached hydrogen (secondary N) is 1. The molecule has 0 radical (unpaired) electrons. The van der Waals surface area contributed by atoms with Gasteiger partial charge in [0.15, 0.2) is 5.78 Å². The first-order valence-corrected chi connectivity index (χ1v) is 7.79. The fourth-order valence-corrected chi connectivity index (χ4v) is 2.96. The molecule has 0 saturated heterocycles. The predicted octanol–water partition coefficient (Wildman–Crippen LogP) is 2.58. The van der Waals surface area contributed by atoms with Gasteiger partial charge < -0.3 is 10.2 Å². The van der Waals surface area contributed by atoms with E-state index < -0.39 is 0 Å². The van der Waals surface area contributed by atoms with E-state index in [4.69, 9.17) is 0 Å². The fraction of sp³-hybridized carbons (Fsp3) is 0.263. The summed E-state index contributed by atoms with van der Waals surface area (Å²) < 4.78 is 0. The number of fused-ring (bicyclic) bond motifs is 3. The first-order chi connectivity index (χ1) is 11.1. The minimum absolute atomic E-state index is 0.00198. The summed E-state index contributed by atoms with van der Waals surface area (Å²) in [7, 11) is 4.02. The highest BCUT2D eigenvalue weighted by Gasteiger charge is 2.29. The molecule has 1 aliphatic rings. The average Bonchev–Trinajstić information content (AvgIpc) is 2.85. The van der Waals surface area contributed by atoms with Crippen LogP contribution in [0.15, 0.2) is 42.5 Å². The zero-order valence-corrected chi connectivity index (χ0v) is 13.4. The first kappa shape index (κ1) is 15.4. The summed E-state index contributed by atoms with van der Waals surface area (Å²) in [6.07, 6.45) is 0.892. The molecule has 1 aliphatic carbocycles. The molecule has 0 saturated carbocycles. The predicted molar refractivity (Wildman–Crippen MR) is 90.8 cm³/mol. The van der Waals surface area contributed by atoms with Crippen LogP contribution in [0.5, 0.6) is 0 Å². The molecule has 1 amide bonds. The van der Waals surface area contributed by atoms with Crippen molar-refractivity contribution in [2.75, 3.05) is 27.2 Å². The summed E-state index contributed by atoms with van der Waals surface area (Å²) in [5.74, 6) is -0.122. The summed E-state index contributed by atoms with van der Waals surface area (Å²) in [4.78, 5) is 27.1. The van der Waals surface area contributed by atoms with Crippen molar-refractivity contribution in [2.45, 2.75) is 6.42 Å². The maximum Gasteiger partial charge on any atom is 0.251 e. The van der Waals surface area contributed by atoms with Crippen molar-refractivity contribution in [3.63, 3.8) is 0 Å². The second-order valence-corrected chi connectivity index (χ2v) is 6.02. The lowest BCUT2D eigenvalue weighted by atomic mass is 9.99. The molecule has 0 fully saturated rings. The maximum absolute atomic E-state index is 12.5. The van der Waals surface area contributed by atoms with Crippen molar-refractivity contribution in [3.8, 4) is 11.1 Å². The molecule has 0 aromatic heterocycles. The Balaban J connectivity index is 1.87. The number of rotatable bonds is 5. The summed E-state index contributed by atoms with van der Waals surface area (Å²) in [5, 5.41) is 2.95. The van der Waals surface area contributed by atoms with E-state index in [0.29, 0.717) is 23.2 Å². The number of hydrogen-bond donors (Lipinski definition) is 1. The van der Waals surface area contributed by atoms with Crippen LogP contribution in [0.3, 0.4) is 0 Å². The van der Waals surface area contributed by atoms with Gasteiger partial charge in [-0.1, -0.05) is 36.4 Å². The SMILES string of the molecule is CN(C)CCCNC(=O)c1cccc2c1-c1ccccc1C2=O. The van der Waals surface area contributed by atoms with Gasteiger partial charge in [-0.05, 0) is 38.7 Å². The van der Waals surface area contributed by atoms with Gasteiger partial charge in [0, 0.05) is 28.8 Å². The summed E-state index contributed by atoms with van der Waals surface area (Å²) >= 11 is 0. The van der Waals surface area contributed by atoms with Gasteiger partial charge in [-0.15, -0.1) is 0 Å². The quantitative estimate of drug-likeness (QED) is 0.737. The van der Waals surface area contributed by atoms with E-state index in [9.17, 15) is 9.59 Å². The maximum atomic E-state index is 12.5. The van der Waals surface area contributed by atoms with Gasteiger partial charge in [0.25, 0.3) is 5.91 Å². The van der Waals surface area contributed by atoms with E-state index >= 15 is 0 Å². The molecule has 4 heteroatoms. The molecule has 2 aromatic carbocycles. The van der Waals surface area contributed by atoms with E-state index in [0.717, 1.165) is 24.1 Å². The smallest absolute Gasteiger partial charge is 0.251 e. The van der Waals surface area contributed by atoms with Gasteiger partial charge >= 0.3 is 0 Å². The molecule has 4 nitrogen and oxygen atoms in total. The Kier molecular flexibility index (Phi) is 4.26. The third-order valence-electron chi connectivity index (χ3n) is 4.06. The van der Waals surface area contributed by atoms with Gasteiger partial charge in [0.05, 0.1) is 0 Å². The van der Waals surface area contributed by atoms with E-state index in [1.54, 1.807) is 18.2 Å². The molecule has 3 rings (SSSR count). The Hall–Kier alpha value is -2.46. The third kappa shape index (κ3) is 2.90. The van der Waals surface area contributed by atoms with Gasteiger partial charge in [-0.25, -0.2) is 0 Å². The normalized spacial score (nSPS) is 12.2. The second kappa shape index (κ2) is 6.34. The lowest BCUT2D eigenvalue weighted by Crippen LogP contribution is -2.27. The molecule has 0 unspecified atom stereocenters. The lowest BCUT2D eigenvalue weighted by molar-refractivity contribution is 0.0953. The fourth-order valence-electron chi connectivity index (χ4n) is 2.96. The van der Waals surface area contributed by atoms with E-state index in [2.05, 4.69) is 10.2 Å². The van der Waals surface area contributed by atoms with Crippen LogP contribution in [0.1, 0.15) is 32.7 Å². The number of carbonyl (C=O) groups is 2. The van der Waals surface area contributed by atoms with Gasteiger partial charge in [-0.3, -0.25) is 9.59 Å². The van der Waals surface area contributed by atoms with Crippen LogP contribution in [-0.4, -0.2) is 43.8 Å². The molecule has 0 atom stereocenters. The molecular weight excluding hydrogens is 288 g/mol. The topological polar surface area (TPSA) is 49.4 Å². The van der Waals surface area contributed by atoms with E-state index in [1.807, 2.05) is 38.4 Å². The summed E-state index contributed by atoms with van der Waals surface area (Å²) in [5.41, 5.74) is 3.48. The van der Waals surface area contributed by atoms with Gasteiger partial charge in [0.1, 0.15) is 0 Å². The first-order valence-electron chi connectivity index (χ1n) is 7.79. The monoisotopic (exact) mass is 308 g/mol. The summed E-state index contributed by atoms with van der Waals surface area (Å²) in [6, 6.07) is 12.8. The van der Waals surface area contributed by atoms with Crippen LogP contribution in [-0.2, 0) is 0 Å². The highest BCUT2D eigenvalue weighted by Crippen LogP contribution is 2.38. The largest absolute Gasteiger partial charge is 0.352 e. The Morgan fingerprint density at radius 1 is 1.00 bits per heavy atom. The number of carbonyl (C=O) groups excluding carboxylic acids is 2.